The molecule has 1 aliphatic heterocycles. The summed E-state index contributed by atoms with van der Waals surface area (Å²) in [6, 6.07) is 8.77. The van der Waals surface area contributed by atoms with Crippen LogP contribution in [0.1, 0.15) is 43.9 Å². The van der Waals surface area contributed by atoms with Crippen LogP contribution in [-0.4, -0.2) is 59.5 Å². The van der Waals surface area contributed by atoms with E-state index in [0.717, 1.165) is 15.9 Å². The number of anilines is 2. The maximum atomic E-state index is 14.5. The SMILES string of the molecule is C=C.CC.Cc1ccccc1[C@@H](C(=O)N(C)C1CC(F)(F)C1)N(C(=O)[C@@H]1COC(=O)N1c1cscn1)c1cccc(F)c1. The molecule has 3 amide bonds. The van der Waals surface area contributed by atoms with Crippen LogP contribution in [0.25, 0.3) is 0 Å². The molecule has 1 aliphatic carbocycles. The molecule has 230 valence electrons. The normalized spacial score (nSPS) is 17.7. The molecule has 3 aromatic rings. The number of likely N-dealkylation sites (N-methyl/N-ethyl adjacent to an activating group) is 1. The Balaban J connectivity index is 0.00000121. The lowest BCUT2D eigenvalue weighted by Crippen LogP contribution is -2.56. The standard InChI is InChI=1S/C27H25F3N4O4S.C2H6.C2H4/c1-16-6-3-4-9-20(16)23(25(36)32(2)19-11-27(29,30)12-19)33(18-8-5-7-17(28)10-18)24(35)21-13-38-26(37)34(21)22-14-39-15-31-22;2*1-2/h3-10,14-15,19,21,23H,11-13H2,1-2H3;1-2H3;1-2H2/t21-,23-;;/m0../s1. The fourth-order valence-corrected chi connectivity index (χ4v) is 5.45. The zero-order valence-corrected chi connectivity index (χ0v) is 25.3. The van der Waals surface area contributed by atoms with Gasteiger partial charge in [-0.2, -0.15) is 0 Å². The molecule has 2 aromatic carbocycles. The number of cyclic esters (lactones) is 1. The molecule has 43 heavy (non-hydrogen) atoms. The minimum Gasteiger partial charge on any atom is -0.446 e. The molecule has 0 radical (unpaired) electrons. The molecule has 0 unspecified atom stereocenters. The van der Waals surface area contributed by atoms with Crippen molar-refractivity contribution in [3.05, 3.63) is 89.5 Å². The van der Waals surface area contributed by atoms with Gasteiger partial charge >= 0.3 is 6.09 Å². The van der Waals surface area contributed by atoms with E-state index in [2.05, 4.69) is 18.1 Å². The summed E-state index contributed by atoms with van der Waals surface area (Å²) in [4.78, 5) is 48.6. The first-order chi connectivity index (χ1) is 20.6. The Kier molecular flexibility index (Phi) is 11.1. The molecule has 12 heteroatoms. The van der Waals surface area contributed by atoms with Crippen LogP contribution in [0.5, 0.6) is 0 Å². The molecule has 8 nitrogen and oxygen atoms in total. The van der Waals surface area contributed by atoms with Gasteiger partial charge in [-0.1, -0.05) is 44.2 Å². The van der Waals surface area contributed by atoms with Crippen molar-refractivity contribution in [2.24, 2.45) is 0 Å². The van der Waals surface area contributed by atoms with Crippen LogP contribution in [0.4, 0.5) is 29.5 Å². The van der Waals surface area contributed by atoms with Crippen molar-refractivity contribution in [2.45, 2.75) is 57.7 Å². The van der Waals surface area contributed by atoms with Crippen LogP contribution >= 0.6 is 11.3 Å². The molecule has 2 atom stereocenters. The average molecular weight is 617 g/mol. The summed E-state index contributed by atoms with van der Waals surface area (Å²) in [5, 5.41) is 1.58. The maximum absolute atomic E-state index is 14.5. The van der Waals surface area contributed by atoms with Gasteiger partial charge in [0.2, 0.25) is 5.91 Å². The lowest BCUT2D eigenvalue weighted by Gasteiger charge is -2.43. The number of carbonyl (C=O) groups excluding carboxylic acids is 3. The lowest BCUT2D eigenvalue weighted by atomic mass is 9.86. The number of benzene rings is 2. The van der Waals surface area contributed by atoms with Crippen LogP contribution in [0, 0.1) is 12.7 Å². The van der Waals surface area contributed by atoms with Gasteiger partial charge in [-0.25, -0.2) is 27.8 Å². The summed E-state index contributed by atoms with van der Waals surface area (Å²) in [7, 11) is 1.42. The van der Waals surface area contributed by atoms with Crippen molar-refractivity contribution in [1.29, 1.82) is 0 Å². The predicted molar refractivity (Wildman–Crippen MR) is 161 cm³/mol. The second kappa shape index (κ2) is 14.3. The molecule has 1 saturated carbocycles. The van der Waals surface area contributed by atoms with E-state index in [4.69, 9.17) is 4.74 Å². The Labute approximate surface area is 253 Å². The molecular formula is C31H35F3N4O4S. The number of alkyl halides is 2. The number of hydrogen-bond donors (Lipinski definition) is 0. The summed E-state index contributed by atoms with van der Waals surface area (Å²) in [6.07, 6.45) is -1.77. The molecule has 5 rings (SSSR count). The summed E-state index contributed by atoms with van der Waals surface area (Å²) >= 11 is 1.22. The Morgan fingerprint density at radius 3 is 2.40 bits per heavy atom. The van der Waals surface area contributed by atoms with Gasteiger partial charge in [-0.15, -0.1) is 24.5 Å². The van der Waals surface area contributed by atoms with Gasteiger partial charge in [0.15, 0.2) is 6.04 Å². The van der Waals surface area contributed by atoms with E-state index in [1.807, 2.05) is 13.8 Å². The maximum Gasteiger partial charge on any atom is 0.416 e. The molecule has 2 fully saturated rings. The smallest absolute Gasteiger partial charge is 0.416 e. The van der Waals surface area contributed by atoms with E-state index < -0.39 is 60.6 Å². The van der Waals surface area contributed by atoms with E-state index in [-0.39, 0.29) is 18.1 Å². The predicted octanol–water partition coefficient (Wildman–Crippen LogP) is 6.77. The topological polar surface area (TPSA) is 83.1 Å². The number of rotatable bonds is 7. The second-order valence-corrected chi connectivity index (χ2v) is 10.3. The van der Waals surface area contributed by atoms with Crippen molar-refractivity contribution in [3.8, 4) is 0 Å². The average Bonchev–Trinajstić information content (AvgIpc) is 3.66. The van der Waals surface area contributed by atoms with Crippen LogP contribution < -0.4 is 9.80 Å². The van der Waals surface area contributed by atoms with E-state index >= 15 is 0 Å². The van der Waals surface area contributed by atoms with Gasteiger partial charge in [0.1, 0.15) is 24.3 Å². The third-order valence-electron chi connectivity index (χ3n) is 7.09. The van der Waals surface area contributed by atoms with Crippen LogP contribution in [0.3, 0.4) is 0 Å². The highest BCUT2D eigenvalue weighted by Gasteiger charge is 2.51. The molecule has 0 N–H and O–H groups in total. The Hall–Kier alpha value is -4.19. The number of hydrogen-bond acceptors (Lipinski definition) is 6. The number of amides is 3. The van der Waals surface area contributed by atoms with Gasteiger partial charge in [0, 0.05) is 37.0 Å². The number of aryl methyl sites for hydroxylation is 1. The van der Waals surface area contributed by atoms with Crippen LogP contribution in [-0.2, 0) is 14.3 Å². The van der Waals surface area contributed by atoms with Gasteiger partial charge in [-0.05, 0) is 36.2 Å². The largest absolute Gasteiger partial charge is 0.446 e. The third-order valence-corrected chi connectivity index (χ3v) is 7.66. The quantitative estimate of drug-likeness (QED) is 0.274. The van der Waals surface area contributed by atoms with Crippen LogP contribution in [0.15, 0.2) is 72.6 Å². The van der Waals surface area contributed by atoms with Gasteiger partial charge in [0.25, 0.3) is 11.8 Å². The number of halogens is 3. The minimum atomic E-state index is -2.87. The number of carbonyl (C=O) groups is 3. The fourth-order valence-electron chi connectivity index (χ4n) is 4.92. The molecule has 1 saturated heterocycles. The number of thiazole rings is 1. The van der Waals surface area contributed by atoms with Gasteiger partial charge < -0.3 is 9.64 Å². The zero-order chi connectivity index (χ0) is 31.9. The number of aromatic nitrogens is 1. The van der Waals surface area contributed by atoms with Crippen LogP contribution in [0.2, 0.25) is 0 Å². The highest BCUT2D eigenvalue weighted by Crippen LogP contribution is 2.42. The molecule has 1 aromatic heterocycles. The highest BCUT2D eigenvalue weighted by atomic mass is 32.1. The lowest BCUT2D eigenvalue weighted by molar-refractivity contribution is -0.152. The summed E-state index contributed by atoms with van der Waals surface area (Å²) < 4.78 is 47.1. The zero-order valence-electron chi connectivity index (χ0n) is 24.5. The molecular weight excluding hydrogens is 581 g/mol. The summed E-state index contributed by atoms with van der Waals surface area (Å²) in [5.41, 5.74) is 2.65. The summed E-state index contributed by atoms with van der Waals surface area (Å²) in [5.74, 6) is -4.65. The summed E-state index contributed by atoms with van der Waals surface area (Å²) in [6.45, 7) is 11.4. The van der Waals surface area contributed by atoms with Crippen molar-refractivity contribution < 1.29 is 32.3 Å². The molecule has 2 aliphatic rings. The van der Waals surface area contributed by atoms with E-state index in [1.165, 1.54) is 47.0 Å². The number of nitrogens with zero attached hydrogens (tertiary/aromatic N) is 4. The Bertz CT molecular complexity index is 1410. The second-order valence-electron chi connectivity index (χ2n) is 9.62. The first-order valence-corrected chi connectivity index (χ1v) is 14.6. The van der Waals surface area contributed by atoms with Gasteiger partial charge in [-0.3, -0.25) is 14.5 Å². The van der Waals surface area contributed by atoms with Gasteiger partial charge in [0.05, 0.1) is 5.51 Å². The van der Waals surface area contributed by atoms with Crippen molar-refractivity contribution >= 4 is 40.7 Å². The Morgan fingerprint density at radius 2 is 1.81 bits per heavy atom. The number of ether oxygens (including phenoxy) is 1. The first-order valence-electron chi connectivity index (χ1n) is 13.7. The minimum absolute atomic E-state index is 0.0616. The van der Waals surface area contributed by atoms with Crippen molar-refractivity contribution in [1.82, 2.24) is 9.88 Å². The van der Waals surface area contributed by atoms with E-state index in [9.17, 15) is 27.6 Å². The highest BCUT2D eigenvalue weighted by molar-refractivity contribution is 7.07. The van der Waals surface area contributed by atoms with E-state index in [0.29, 0.717) is 11.1 Å². The monoisotopic (exact) mass is 616 g/mol. The third kappa shape index (κ3) is 7.07. The van der Waals surface area contributed by atoms with E-state index in [1.54, 1.807) is 36.6 Å². The first kappa shape index (κ1) is 33.3. The molecule has 0 bridgehead atoms. The Morgan fingerprint density at radius 1 is 1.14 bits per heavy atom. The van der Waals surface area contributed by atoms with Crippen molar-refractivity contribution in [3.63, 3.8) is 0 Å². The molecule has 0 spiro atoms. The fraction of sp³-hybridized carbons (Fsp3) is 0.355. The molecule has 2 heterocycles. The van der Waals surface area contributed by atoms with Crippen molar-refractivity contribution in [2.75, 3.05) is 23.5 Å².